The number of ether oxygens (including phenoxy) is 1. The van der Waals surface area contributed by atoms with Crippen molar-refractivity contribution in [1.29, 1.82) is 0 Å². The lowest BCUT2D eigenvalue weighted by Gasteiger charge is -2.16. The average Bonchev–Trinajstić information content (AvgIpc) is 2.77. The van der Waals surface area contributed by atoms with E-state index in [1.807, 2.05) is 0 Å². The summed E-state index contributed by atoms with van der Waals surface area (Å²) in [5, 5.41) is 8.99. The molecule has 1 aromatic heterocycles. The van der Waals surface area contributed by atoms with Crippen LogP contribution in [0.1, 0.15) is 0 Å². The minimum absolute atomic E-state index is 0.224. The second-order valence-electron chi connectivity index (χ2n) is 6.89. The summed E-state index contributed by atoms with van der Waals surface area (Å²) in [6, 6.07) is 13.4. The Morgan fingerprint density at radius 3 is 2.53 bits per heavy atom. The van der Waals surface area contributed by atoms with E-state index < -0.39 is 24.1 Å². The molecule has 0 aliphatic carbocycles. The minimum Gasteiger partial charge on any atom is -0.496 e. The zero-order valence-electron chi connectivity index (χ0n) is 17.2. The van der Waals surface area contributed by atoms with E-state index >= 15 is 0 Å². The number of benzene rings is 3. The molecule has 0 spiro atoms. The second kappa shape index (κ2) is 10.1. The first kappa shape index (κ1) is 25.3. The predicted octanol–water partition coefficient (Wildman–Crippen LogP) is 7.30. The molecule has 34 heavy (non-hydrogen) atoms. The van der Waals surface area contributed by atoms with Gasteiger partial charge in [0.15, 0.2) is 0 Å². The van der Waals surface area contributed by atoms with Crippen LogP contribution in [-0.4, -0.2) is 25.7 Å². The van der Waals surface area contributed by atoms with E-state index in [0.717, 1.165) is 0 Å². The number of halogens is 4. The third-order valence-corrected chi connectivity index (χ3v) is 8.67. The van der Waals surface area contributed by atoms with Crippen molar-refractivity contribution < 1.29 is 25.7 Å². The van der Waals surface area contributed by atoms with Gasteiger partial charge in [0, 0.05) is 27.1 Å². The molecule has 0 fully saturated rings. The monoisotopic (exact) mass is 604 g/mol. The van der Waals surface area contributed by atoms with Gasteiger partial charge in [-0.15, -0.1) is 10.2 Å². The Balaban J connectivity index is 1.91. The minimum atomic E-state index is -4.32. The standard InChI is InChI=1S/C21H14BrClF2N2O4P2S/c1-30-19-10-15(11-3-2-4-12(24)7-11)17(23)9-16(19)20-14-6-5-13(34(28,29)31-33(25)32)8-18(14)26-27-21(20)22/h2-10H,32H2,1H3. The lowest BCUT2D eigenvalue weighted by Crippen LogP contribution is -2.02. The number of hydrogen-bond donors (Lipinski definition) is 0. The van der Waals surface area contributed by atoms with Crippen molar-refractivity contribution in [2.45, 2.75) is 4.90 Å². The van der Waals surface area contributed by atoms with Crippen molar-refractivity contribution in [3.8, 4) is 28.0 Å². The number of fused-ring (bicyclic) bond motifs is 1. The van der Waals surface area contributed by atoms with Gasteiger partial charge in [0.05, 0.1) is 17.5 Å². The van der Waals surface area contributed by atoms with Crippen LogP contribution in [0.4, 0.5) is 8.59 Å². The van der Waals surface area contributed by atoms with Gasteiger partial charge in [0.1, 0.15) is 16.2 Å². The molecule has 2 atom stereocenters. The normalized spacial score (nSPS) is 12.6. The largest absolute Gasteiger partial charge is 0.496 e. The maximum atomic E-state index is 13.8. The third-order valence-electron chi connectivity index (χ3n) is 4.84. The van der Waals surface area contributed by atoms with Crippen LogP contribution in [0.2, 0.25) is 5.02 Å². The Hall–Kier alpha value is -1.80. The molecule has 0 bridgehead atoms. The maximum absolute atomic E-state index is 13.8. The molecule has 0 saturated heterocycles. The van der Waals surface area contributed by atoms with E-state index in [1.165, 1.54) is 37.4 Å². The van der Waals surface area contributed by atoms with E-state index in [9.17, 15) is 17.0 Å². The van der Waals surface area contributed by atoms with Crippen LogP contribution in [0.5, 0.6) is 5.75 Å². The SMILES string of the molecule is COc1cc(-c2cccc(F)c2)c(Cl)cc1-c1c(Br)nnc2cc(S(=O)(=O)OP(F)P)ccc12. The van der Waals surface area contributed by atoms with Crippen molar-refractivity contribution in [3.05, 3.63) is 70.0 Å². The summed E-state index contributed by atoms with van der Waals surface area (Å²) >= 11 is 9.96. The van der Waals surface area contributed by atoms with Gasteiger partial charge in [0.25, 0.3) is 8.15 Å². The number of aromatic nitrogens is 2. The maximum Gasteiger partial charge on any atom is 0.302 e. The van der Waals surface area contributed by atoms with E-state index in [2.05, 4.69) is 30.1 Å². The number of methoxy groups -OCH3 is 1. The number of hydrogen-bond acceptors (Lipinski definition) is 6. The van der Waals surface area contributed by atoms with Gasteiger partial charge >= 0.3 is 10.1 Å². The highest BCUT2D eigenvalue weighted by molar-refractivity contribution is 9.10. The third kappa shape index (κ3) is 5.08. The first-order chi connectivity index (χ1) is 16.1. The molecule has 0 aliphatic heterocycles. The van der Waals surface area contributed by atoms with E-state index in [0.29, 0.717) is 43.0 Å². The van der Waals surface area contributed by atoms with Crippen LogP contribution in [0.25, 0.3) is 33.2 Å². The highest BCUT2D eigenvalue weighted by Gasteiger charge is 2.23. The van der Waals surface area contributed by atoms with Gasteiger partial charge in [0.2, 0.25) is 0 Å². The quantitative estimate of drug-likeness (QED) is 0.215. The zero-order chi connectivity index (χ0) is 24.6. The Labute approximate surface area is 210 Å². The topological polar surface area (TPSA) is 78.4 Å². The summed E-state index contributed by atoms with van der Waals surface area (Å²) in [5.74, 6) is 0.0187. The van der Waals surface area contributed by atoms with Gasteiger partial charge in [-0.1, -0.05) is 29.8 Å². The molecule has 2 unspecified atom stereocenters. The molecule has 0 radical (unpaired) electrons. The van der Waals surface area contributed by atoms with E-state index in [4.69, 9.17) is 16.3 Å². The molecule has 0 N–H and O–H groups in total. The van der Waals surface area contributed by atoms with Crippen molar-refractivity contribution in [2.24, 2.45) is 0 Å². The van der Waals surface area contributed by atoms with Gasteiger partial charge in [-0.25, -0.2) is 8.36 Å². The first-order valence-corrected chi connectivity index (χ1v) is 14.7. The van der Waals surface area contributed by atoms with Crippen molar-refractivity contribution in [1.82, 2.24) is 10.2 Å². The summed E-state index contributed by atoms with van der Waals surface area (Å²) in [6.07, 6.45) is 0. The molecule has 13 heteroatoms. The van der Waals surface area contributed by atoms with Gasteiger partial charge in [-0.2, -0.15) is 12.6 Å². The van der Waals surface area contributed by atoms with Crippen LogP contribution in [0.15, 0.2) is 64.1 Å². The fourth-order valence-corrected chi connectivity index (χ4v) is 6.79. The lowest BCUT2D eigenvalue weighted by atomic mass is 9.97. The smallest absolute Gasteiger partial charge is 0.302 e. The Morgan fingerprint density at radius 1 is 1.09 bits per heavy atom. The van der Waals surface area contributed by atoms with Crippen LogP contribution in [0, 0.1) is 5.82 Å². The number of nitrogens with zero attached hydrogens (tertiary/aromatic N) is 2. The van der Waals surface area contributed by atoms with Gasteiger partial charge < -0.3 is 4.74 Å². The molecular weight excluding hydrogens is 592 g/mol. The lowest BCUT2D eigenvalue weighted by molar-refractivity contribution is 0.416. The first-order valence-electron chi connectivity index (χ1n) is 9.35. The molecule has 4 rings (SSSR count). The van der Waals surface area contributed by atoms with Gasteiger partial charge in [-0.05, 0) is 66.8 Å². The summed E-state index contributed by atoms with van der Waals surface area (Å²) in [7, 11) is -3.88. The Morgan fingerprint density at radius 2 is 1.85 bits per heavy atom. The molecule has 176 valence electrons. The summed E-state index contributed by atoms with van der Waals surface area (Å²) in [4.78, 5) is -0.262. The van der Waals surface area contributed by atoms with Crippen LogP contribution < -0.4 is 4.74 Å². The fraction of sp³-hybridized carbons (Fsp3) is 0.0476. The summed E-state index contributed by atoms with van der Waals surface area (Å²) < 4.78 is 61.9. The Bertz CT molecular complexity index is 1530. The molecule has 3 aromatic carbocycles. The average molecular weight is 606 g/mol. The van der Waals surface area contributed by atoms with E-state index in [1.54, 1.807) is 33.2 Å². The van der Waals surface area contributed by atoms with Crippen molar-refractivity contribution in [2.75, 3.05) is 7.11 Å². The predicted molar refractivity (Wildman–Crippen MR) is 136 cm³/mol. The molecule has 1 heterocycles. The highest BCUT2D eigenvalue weighted by Crippen LogP contribution is 2.50. The van der Waals surface area contributed by atoms with Gasteiger partial charge in [-0.3, -0.25) is 0 Å². The van der Waals surface area contributed by atoms with Crippen LogP contribution >= 0.6 is 44.6 Å². The number of rotatable bonds is 6. The van der Waals surface area contributed by atoms with Crippen molar-refractivity contribution in [3.63, 3.8) is 0 Å². The Kier molecular flexibility index (Phi) is 7.48. The second-order valence-corrected chi connectivity index (χ2v) is 11.8. The fourth-order valence-electron chi connectivity index (χ4n) is 3.41. The van der Waals surface area contributed by atoms with Crippen LogP contribution in [0.3, 0.4) is 0 Å². The highest BCUT2D eigenvalue weighted by atomic mass is 79.9. The summed E-state index contributed by atoms with van der Waals surface area (Å²) in [6.45, 7) is 0. The molecule has 0 amide bonds. The van der Waals surface area contributed by atoms with Crippen molar-refractivity contribution >= 4 is 65.6 Å². The molecular formula is C21H14BrClF2N2O4P2S. The summed E-state index contributed by atoms with van der Waals surface area (Å²) in [5.41, 5.74) is 2.45. The molecule has 4 aromatic rings. The molecule has 0 aliphatic rings. The molecule has 0 saturated carbocycles. The van der Waals surface area contributed by atoms with Crippen LogP contribution in [-0.2, 0) is 14.1 Å². The molecule has 6 nitrogen and oxygen atoms in total. The zero-order valence-corrected chi connectivity index (χ0v) is 22.4. The van der Waals surface area contributed by atoms with E-state index in [-0.39, 0.29) is 10.4 Å².